The van der Waals surface area contributed by atoms with E-state index in [1.54, 1.807) is 30.3 Å². The summed E-state index contributed by atoms with van der Waals surface area (Å²) in [6, 6.07) is 13.3. The zero-order valence-corrected chi connectivity index (χ0v) is 15.6. The highest BCUT2D eigenvalue weighted by Crippen LogP contribution is 2.22. The molecule has 0 aliphatic heterocycles. The molecular formula is C18H20N4O3S. The van der Waals surface area contributed by atoms with Crippen molar-refractivity contribution >= 4 is 27.3 Å². The predicted octanol–water partition coefficient (Wildman–Crippen LogP) is 2.17. The average Bonchev–Trinajstić information content (AvgIpc) is 2.60. The van der Waals surface area contributed by atoms with Gasteiger partial charge in [-0.15, -0.1) is 0 Å². The third-order valence-electron chi connectivity index (χ3n) is 3.70. The van der Waals surface area contributed by atoms with Crippen molar-refractivity contribution in [2.24, 2.45) is 0 Å². The van der Waals surface area contributed by atoms with Gasteiger partial charge in [-0.1, -0.05) is 12.1 Å². The quantitative estimate of drug-likeness (QED) is 0.809. The Balaban J connectivity index is 2.09. The Kier molecular flexibility index (Phi) is 5.97. The van der Waals surface area contributed by atoms with E-state index in [2.05, 4.69) is 10.6 Å². The first kappa shape index (κ1) is 19.4. The van der Waals surface area contributed by atoms with Crippen molar-refractivity contribution in [3.63, 3.8) is 0 Å². The fourth-order valence-corrected chi connectivity index (χ4v) is 3.14. The molecule has 0 aliphatic carbocycles. The largest absolute Gasteiger partial charge is 0.376 e. The summed E-state index contributed by atoms with van der Waals surface area (Å²) >= 11 is 0. The van der Waals surface area contributed by atoms with Gasteiger partial charge in [-0.05, 0) is 42.8 Å². The molecule has 136 valence electrons. The molecule has 8 heteroatoms. The third kappa shape index (κ3) is 4.59. The number of amides is 1. The van der Waals surface area contributed by atoms with Crippen LogP contribution >= 0.6 is 0 Å². The summed E-state index contributed by atoms with van der Waals surface area (Å²) in [5, 5.41) is 14.5. The van der Waals surface area contributed by atoms with Crippen LogP contribution in [0.25, 0.3) is 0 Å². The molecule has 0 saturated heterocycles. The molecule has 0 aliphatic rings. The molecule has 7 nitrogen and oxygen atoms in total. The molecule has 0 heterocycles. The molecule has 2 rings (SSSR count). The second-order valence-corrected chi connectivity index (χ2v) is 8.01. The van der Waals surface area contributed by atoms with Crippen molar-refractivity contribution < 1.29 is 13.2 Å². The highest BCUT2D eigenvalue weighted by molar-refractivity contribution is 7.89. The van der Waals surface area contributed by atoms with Crippen LogP contribution < -0.4 is 10.6 Å². The maximum atomic E-state index is 12.2. The van der Waals surface area contributed by atoms with E-state index in [-0.39, 0.29) is 17.3 Å². The van der Waals surface area contributed by atoms with E-state index >= 15 is 0 Å². The zero-order valence-electron chi connectivity index (χ0n) is 14.8. The Hall–Kier alpha value is -2.89. The Morgan fingerprint density at radius 1 is 1.19 bits per heavy atom. The predicted molar refractivity (Wildman–Crippen MR) is 100 cm³/mol. The van der Waals surface area contributed by atoms with Crippen LogP contribution in [0.15, 0.2) is 47.4 Å². The van der Waals surface area contributed by atoms with Gasteiger partial charge in [0.25, 0.3) is 0 Å². The van der Waals surface area contributed by atoms with E-state index in [1.165, 1.54) is 26.2 Å². The Morgan fingerprint density at radius 2 is 1.92 bits per heavy atom. The molecular weight excluding hydrogens is 352 g/mol. The molecule has 2 aromatic carbocycles. The van der Waals surface area contributed by atoms with Gasteiger partial charge in [-0.3, -0.25) is 4.79 Å². The topological polar surface area (TPSA) is 102 Å². The standard InChI is InChI=1S/C18H20N4O3S/c1-13-7-8-16(26(24,25)22(2)3)10-17(13)20-12-18(23)21-15-6-4-5-14(9-15)11-19/h4-10,20H,12H2,1-3H3,(H,21,23). The number of carbonyl (C=O) groups is 1. The smallest absolute Gasteiger partial charge is 0.243 e. The summed E-state index contributed by atoms with van der Waals surface area (Å²) in [6.07, 6.45) is 0. The van der Waals surface area contributed by atoms with Crippen LogP contribution in [-0.4, -0.2) is 39.3 Å². The molecule has 0 saturated carbocycles. The van der Waals surface area contributed by atoms with E-state index in [9.17, 15) is 13.2 Å². The first-order chi connectivity index (χ1) is 12.2. The highest BCUT2D eigenvalue weighted by atomic mass is 32.2. The lowest BCUT2D eigenvalue weighted by Gasteiger charge is -2.15. The number of nitrogens with one attached hydrogen (secondary N) is 2. The summed E-state index contributed by atoms with van der Waals surface area (Å²) < 4.78 is 25.6. The second kappa shape index (κ2) is 7.99. The number of rotatable bonds is 6. The molecule has 1 amide bonds. The van der Waals surface area contributed by atoms with Crippen molar-refractivity contribution in [2.75, 3.05) is 31.3 Å². The van der Waals surface area contributed by atoms with Gasteiger partial charge in [0.1, 0.15) is 0 Å². The molecule has 2 N–H and O–H groups in total. The summed E-state index contributed by atoms with van der Waals surface area (Å²) in [6.45, 7) is 1.78. The van der Waals surface area contributed by atoms with Crippen LogP contribution in [0.2, 0.25) is 0 Å². The third-order valence-corrected chi connectivity index (χ3v) is 5.51. The maximum absolute atomic E-state index is 12.2. The first-order valence-corrected chi connectivity index (χ1v) is 9.25. The summed E-state index contributed by atoms with van der Waals surface area (Å²) in [7, 11) is -0.622. The normalized spacial score (nSPS) is 11.0. The van der Waals surface area contributed by atoms with Gasteiger partial charge in [0.15, 0.2) is 0 Å². The number of hydrogen-bond donors (Lipinski definition) is 2. The lowest BCUT2D eigenvalue weighted by molar-refractivity contribution is -0.114. The number of benzene rings is 2. The Bertz CT molecular complexity index is 963. The average molecular weight is 372 g/mol. The van der Waals surface area contributed by atoms with Crippen molar-refractivity contribution in [3.8, 4) is 6.07 Å². The van der Waals surface area contributed by atoms with Gasteiger partial charge in [0.2, 0.25) is 15.9 Å². The molecule has 0 atom stereocenters. The fourth-order valence-electron chi connectivity index (χ4n) is 2.21. The lowest BCUT2D eigenvalue weighted by atomic mass is 10.2. The van der Waals surface area contributed by atoms with Gasteiger partial charge in [0.05, 0.1) is 23.1 Å². The van der Waals surface area contributed by atoms with E-state index < -0.39 is 10.0 Å². The number of nitriles is 1. The SMILES string of the molecule is Cc1ccc(S(=O)(=O)N(C)C)cc1NCC(=O)Nc1cccc(C#N)c1. The minimum absolute atomic E-state index is 0.0386. The van der Waals surface area contributed by atoms with E-state index in [4.69, 9.17) is 5.26 Å². The fraction of sp³-hybridized carbons (Fsp3) is 0.222. The van der Waals surface area contributed by atoms with Crippen molar-refractivity contribution in [1.29, 1.82) is 5.26 Å². The maximum Gasteiger partial charge on any atom is 0.243 e. The van der Waals surface area contributed by atoms with Gasteiger partial charge in [-0.2, -0.15) is 5.26 Å². The van der Waals surface area contributed by atoms with Crippen LogP contribution in [-0.2, 0) is 14.8 Å². The number of aryl methyl sites for hydroxylation is 1. The molecule has 0 spiro atoms. The molecule has 0 bridgehead atoms. The van der Waals surface area contributed by atoms with Crippen LogP contribution in [0.5, 0.6) is 0 Å². The first-order valence-electron chi connectivity index (χ1n) is 7.81. The molecule has 0 radical (unpaired) electrons. The van der Waals surface area contributed by atoms with E-state index in [1.807, 2.05) is 13.0 Å². The van der Waals surface area contributed by atoms with Gasteiger partial charge in [-0.25, -0.2) is 12.7 Å². The molecule has 26 heavy (non-hydrogen) atoms. The lowest BCUT2D eigenvalue weighted by Crippen LogP contribution is -2.24. The number of nitrogens with zero attached hydrogens (tertiary/aromatic N) is 2. The van der Waals surface area contributed by atoms with E-state index in [0.717, 1.165) is 9.87 Å². The summed E-state index contributed by atoms with van der Waals surface area (Å²) in [5.74, 6) is -0.305. The second-order valence-electron chi connectivity index (χ2n) is 5.86. The van der Waals surface area contributed by atoms with Crippen molar-refractivity contribution in [2.45, 2.75) is 11.8 Å². The van der Waals surface area contributed by atoms with Crippen molar-refractivity contribution in [3.05, 3.63) is 53.6 Å². The molecule has 2 aromatic rings. The number of anilines is 2. The van der Waals surface area contributed by atoms with Gasteiger partial charge >= 0.3 is 0 Å². The summed E-state index contributed by atoms with van der Waals surface area (Å²) in [4.78, 5) is 12.3. The Labute approximate surface area is 153 Å². The summed E-state index contributed by atoms with van der Waals surface area (Å²) in [5.41, 5.74) is 2.36. The number of carbonyl (C=O) groups excluding carboxylic acids is 1. The molecule has 0 aromatic heterocycles. The van der Waals surface area contributed by atoms with Gasteiger partial charge < -0.3 is 10.6 Å². The van der Waals surface area contributed by atoms with Crippen LogP contribution in [0.3, 0.4) is 0 Å². The minimum Gasteiger partial charge on any atom is -0.376 e. The zero-order chi connectivity index (χ0) is 19.3. The van der Waals surface area contributed by atoms with Crippen LogP contribution in [0.4, 0.5) is 11.4 Å². The van der Waals surface area contributed by atoms with Crippen LogP contribution in [0, 0.1) is 18.3 Å². The monoisotopic (exact) mass is 372 g/mol. The Morgan fingerprint density at radius 3 is 2.58 bits per heavy atom. The van der Waals surface area contributed by atoms with Gasteiger partial charge in [0, 0.05) is 25.5 Å². The van der Waals surface area contributed by atoms with Crippen LogP contribution in [0.1, 0.15) is 11.1 Å². The minimum atomic E-state index is -3.55. The number of sulfonamides is 1. The molecule has 0 unspecified atom stereocenters. The molecule has 0 fully saturated rings. The number of hydrogen-bond acceptors (Lipinski definition) is 5. The van der Waals surface area contributed by atoms with E-state index in [0.29, 0.717) is 16.9 Å². The highest BCUT2D eigenvalue weighted by Gasteiger charge is 2.18. The van der Waals surface area contributed by atoms with Crippen molar-refractivity contribution in [1.82, 2.24) is 4.31 Å².